The number of oxazole rings is 1. The average Bonchev–Trinajstić information content (AvgIpc) is 3.18. The molecule has 5 rings (SSSR count). The van der Waals surface area contributed by atoms with Crippen molar-refractivity contribution in [3.8, 4) is 17.2 Å². The van der Waals surface area contributed by atoms with Crippen LogP contribution in [-0.2, 0) is 11.2 Å². The molecule has 1 heterocycles. The van der Waals surface area contributed by atoms with Gasteiger partial charge < -0.3 is 14.8 Å². The summed E-state index contributed by atoms with van der Waals surface area (Å²) in [7, 11) is 0. The minimum atomic E-state index is -0.138. The van der Waals surface area contributed by atoms with E-state index in [1.807, 2.05) is 67.6 Å². The van der Waals surface area contributed by atoms with E-state index in [1.54, 1.807) is 12.1 Å². The molecular formula is C26H20N2O3. The number of carbonyl (C=O) groups is 1. The Labute approximate surface area is 179 Å². The quantitative estimate of drug-likeness (QED) is 0.366. The van der Waals surface area contributed by atoms with Crippen LogP contribution in [0.4, 0.5) is 5.69 Å². The van der Waals surface area contributed by atoms with Crippen LogP contribution in [-0.4, -0.2) is 16.0 Å². The Bertz CT molecular complexity index is 1430. The van der Waals surface area contributed by atoms with Gasteiger partial charge in [0.05, 0.1) is 12.0 Å². The van der Waals surface area contributed by atoms with Crippen LogP contribution in [0.25, 0.3) is 33.3 Å². The van der Waals surface area contributed by atoms with Gasteiger partial charge in [0.2, 0.25) is 11.8 Å². The van der Waals surface area contributed by atoms with Crippen molar-refractivity contribution >= 4 is 33.5 Å². The minimum Gasteiger partial charge on any atom is -0.507 e. The second-order valence-corrected chi connectivity index (χ2v) is 7.59. The molecule has 0 fully saturated rings. The smallest absolute Gasteiger partial charge is 0.231 e. The van der Waals surface area contributed by atoms with E-state index in [1.165, 1.54) is 6.07 Å². The molecule has 0 saturated carbocycles. The van der Waals surface area contributed by atoms with Crippen LogP contribution >= 0.6 is 0 Å². The van der Waals surface area contributed by atoms with E-state index in [2.05, 4.69) is 10.3 Å². The molecule has 1 amide bonds. The van der Waals surface area contributed by atoms with E-state index in [9.17, 15) is 9.90 Å². The van der Waals surface area contributed by atoms with E-state index in [4.69, 9.17) is 4.42 Å². The van der Waals surface area contributed by atoms with Gasteiger partial charge in [-0.05, 0) is 59.2 Å². The highest BCUT2D eigenvalue weighted by Crippen LogP contribution is 2.33. The molecule has 152 valence electrons. The zero-order valence-corrected chi connectivity index (χ0v) is 16.9. The summed E-state index contributed by atoms with van der Waals surface area (Å²) in [6, 6.07) is 24.5. The highest BCUT2D eigenvalue weighted by Gasteiger charge is 2.15. The summed E-state index contributed by atoms with van der Waals surface area (Å²) in [5.74, 6) is 0.208. The number of hydrogen-bond donors (Lipinski definition) is 2. The van der Waals surface area contributed by atoms with Gasteiger partial charge in [0, 0.05) is 5.69 Å². The van der Waals surface area contributed by atoms with Crippen molar-refractivity contribution in [3.63, 3.8) is 0 Å². The summed E-state index contributed by atoms with van der Waals surface area (Å²) in [5.41, 5.74) is 4.40. The van der Waals surface area contributed by atoms with Gasteiger partial charge >= 0.3 is 0 Å². The first kappa shape index (κ1) is 18.9. The number of benzene rings is 4. The van der Waals surface area contributed by atoms with Gasteiger partial charge in [0.1, 0.15) is 11.3 Å². The molecule has 0 aliphatic rings. The number of aryl methyl sites for hydroxylation is 1. The topological polar surface area (TPSA) is 75.4 Å². The fourth-order valence-electron chi connectivity index (χ4n) is 3.76. The number of phenolic OH excluding ortho intramolecular Hbond substituents is 1. The van der Waals surface area contributed by atoms with Crippen molar-refractivity contribution in [2.45, 2.75) is 13.3 Å². The third-order valence-corrected chi connectivity index (χ3v) is 5.28. The van der Waals surface area contributed by atoms with Crippen molar-refractivity contribution < 1.29 is 14.3 Å². The average molecular weight is 408 g/mol. The van der Waals surface area contributed by atoms with Crippen molar-refractivity contribution in [3.05, 3.63) is 90.0 Å². The fraction of sp³-hybridized carbons (Fsp3) is 0.0769. The Kier molecular flexibility index (Phi) is 4.64. The Balaban J connectivity index is 1.41. The third kappa shape index (κ3) is 3.73. The number of rotatable bonds is 4. The SMILES string of the molecule is Cc1ccc2oc(-c3cc(NC(=O)Cc4cccc5ccccc45)ccc3O)nc2c1. The molecule has 5 nitrogen and oxygen atoms in total. The summed E-state index contributed by atoms with van der Waals surface area (Å²) in [6.45, 7) is 1.98. The van der Waals surface area contributed by atoms with Crippen molar-refractivity contribution in [1.82, 2.24) is 4.98 Å². The first-order chi connectivity index (χ1) is 15.1. The van der Waals surface area contributed by atoms with Crippen molar-refractivity contribution in [1.29, 1.82) is 0 Å². The lowest BCUT2D eigenvalue weighted by molar-refractivity contribution is -0.115. The molecule has 2 N–H and O–H groups in total. The van der Waals surface area contributed by atoms with Gasteiger partial charge in [-0.1, -0.05) is 48.5 Å². The third-order valence-electron chi connectivity index (χ3n) is 5.28. The molecule has 4 aromatic carbocycles. The number of phenols is 1. The highest BCUT2D eigenvalue weighted by molar-refractivity contribution is 5.96. The molecule has 31 heavy (non-hydrogen) atoms. The first-order valence-corrected chi connectivity index (χ1v) is 10.0. The molecule has 0 aliphatic heterocycles. The molecule has 0 saturated heterocycles. The van der Waals surface area contributed by atoms with Gasteiger partial charge in [-0.15, -0.1) is 0 Å². The number of anilines is 1. The maximum absolute atomic E-state index is 12.7. The molecular weight excluding hydrogens is 388 g/mol. The zero-order chi connectivity index (χ0) is 21.4. The minimum absolute atomic E-state index is 0.0373. The Hall–Kier alpha value is -4.12. The van der Waals surface area contributed by atoms with Gasteiger partial charge in [0.15, 0.2) is 5.58 Å². The summed E-state index contributed by atoms with van der Waals surface area (Å²) >= 11 is 0. The molecule has 0 unspecified atom stereocenters. The van der Waals surface area contributed by atoms with Crippen LogP contribution in [0, 0.1) is 6.92 Å². The Morgan fingerprint density at radius 1 is 1.00 bits per heavy atom. The number of amides is 1. The molecule has 1 aromatic heterocycles. The van der Waals surface area contributed by atoms with Crippen molar-refractivity contribution in [2.24, 2.45) is 0 Å². The lowest BCUT2D eigenvalue weighted by Gasteiger charge is -2.09. The summed E-state index contributed by atoms with van der Waals surface area (Å²) in [6.07, 6.45) is 0.250. The number of carbonyl (C=O) groups excluding carboxylic acids is 1. The van der Waals surface area contributed by atoms with Crippen LogP contribution in [0.1, 0.15) is 11.1 Å². The van der Waals surface area contributed by atoms with E-state index >= 15 is 0 Å². The molecule has 0 atom stereocenters. The zero-order valence-electron chi connectivity index (χ0n) is 16.9. The molecule has 5 heteroatoms. The van der Waals surface area contributed by atoms with E-state index < -0.39 is 0 Å². The first-order valence-electron chi connectivity index (χ1n) is 10.0. The van der Waals surface area contributed by atoms with E-state index in [0.29, 0.717) is 22.7 Å². The van der Waals surface area contributed by atoms with Gasteiger partial charge in [0.25, 0.3) is 0 Å². The van der Waals surface area contributed by atoms with Crippen LogP contribution < -0.4 is 5.32 Å². The van der Waals surface area contributed by atoms with Crippen LogP contribution in [0.2, 0.25) is 0 Å². The number of aromatic nitrogens is 1. The second-order valence-electron chi connectivity index (χ2n) is 7.59. The van der Waals surface area contributed by atoms with Gasteiger partial charge in [-0.3, -0.25) is 4.79 Å². The number of fused-ring (bicyclic) bond motifs is 2. The van der Waals surface area contributed by atoms with Crippen LogP contribution in [0.5, 0.6) is 5.75 Å². The maximum Gasteiger partial charge on any atom is 0.231 e. The monoisotopic (exact) mass is 408 g/mol. The van der Waals surface area contributed by atoms with Crippen molar-refractivity contribution in [2.75, 3.05) is 5.32 Å². The standard InChI is InChI=1S/C26H20N2O3/c1-16-9-12-24-22(13-16)28-26(31-24)21-15-19(10-11-23(21)29)27-25(30)14-18-7-4-6-17-5-2-3-8-20(17)18/h2-13,15,29H,14H2,1H3,(H,27,30). The summed E-state index contributed by atoms with van der Waals surface area (Å²) in [4.78, 5) is 17.2. The summed E-state index contributed by atoms with van der Waals surface area (Å²) < 4.78 is 5.81. The molecule has 0 bridgehead atoms. The van der Waals surface area contributed by atoms with E-state index in [0.717, 1.165) is 27.4 Å². The predicted octanol–water partition coefficient (Wildman–Crippen LogP) is 5.84. The molecule has 5 aromatic rings. The fourth-order valence-corrected chi connectivity index (χ4v) is 3.76. The normalized spacial score (nSPS) is 11.1. The van der Waals surface area contributed by atoms with Gasteiger partial charge in [-0.2, -0.15) is 0 Å². The summed E-state index contributed by atoms with van der Waals surface area (Å²) in [5, 5.41) is 15.4. The predicted molar refractivity (Wildman–Crippen MR) is 122 cm³/mol. The van der Waals surface area contributed by atoms with Crippen LogP contribution in [0.15, 0.2) is 83.3 Å². The van der Waals surface area contributed by atoms with Crippen LogP contribution in [0.3, 0.4) is 0 Å². The van der Waals surface area contributed by atoms with Gasteiger partial charge in [-0.25, -0.2) is 4.98 Å². The second kappa shape index (κ2) is 7.61. The molecule has 0 spiro atoms. The molecule has 0 aliphatic carbocycles. The maximum atomic E-state index is 12.7. The number of nitrogens with zero attached hydrogens (tertiary/aromatic N) is 1. The number of hydrogen-bond acceptors (Lipinski definition) is 4. The lowest BCUT2D eigenvalue weighted by atomic mass is 10.0. The Morgan fingerprint density at radius 2 is 1.84 bits per heavy atom. The van der Waals surface area contributed by atoms with E-state index in [-0.39, 0.29) is 18.1 Å². The number of nitrogens with one attached hydrogen (secondary N) is 1. The lowest BCUT2D eigenvalue weighted by Crippen LogP contribution is -2.14. The Morgan fingerprint density at radius 3 is 2.74 bits per heavy atom. The largest absolute Gasteiger partial charge is 0.507 e. The highest BCUT2D eigenvalue weighted by atomic mass is 16.3. The molecule has 0 radical (unpaired) electrons. The number of aromatic hydroxyl groups is 1.